The number of ether oxygens (including phenoxy) is 3. The first-order valence-corrected chi connectivity index (χ1v) is 9.29. The number of rotatable bonds is 10. The van der Waals surface area contributed by atoms with Gasteiger partial charge in [-0.15, -0.1) is 0 Å². The van der Waals surface area contributed by atoms with Crippen LogP contribution in [0.3, 0.4) is 0 Å². The van der Waals surface area contributed by atoms with Crippen molar-refractivity contribution in [3.63, 3.8) is 0 Å². The van der Waals surface area contributed by atoms with Crippen LogP contribution in [0.2, 0.25) is 0 Å². The summed E-state index contributed by atoms with van der Waals surface area (Å²) in [5.41, 5.74) is 0.703. The summed E-state index contributed by atoms with van der Waals surface area (Å²) in [5, 5.41) is 1.24. The molecule has 0 aliphatic heterocycles. The maximum absolute atomic E-state index is 12.5. The van der Waals surface area contributed by atoms with Crippen LogP contribution in [0.1, 0.15) is 40.2 Å². The van der Waals surface area contributed by atoms with E-state index in [2.05, 4.69) is 0 Å². The van der Waals surface area contributed by atoms with Gasteiger partial charge in [-0.1, -0.05) is 26.0 Å². The minimum absolute atomic E-state index is 0.0340. The average Bonchev–Trinajstić information content (AvgIpc) is 2.64. The van der Waals surface area contributed by atoms with Crippen LogP contribution in [0.15, 0.2) is 24.3 Å². The molecule has 0 saturated carbocycles. The number of carbonyl (C=O) groups excluding carboxylic acids is 1. The van der Waals surface area contributed by atoms with Crippen molar-refractivity contribution in [2.45, 2.75) is 52.9 Å². The minimum Gasteiger partial charge on any atom is -0.497 e. The van der Waals surface area contributed by atoms with E-state index in [1.165, 1.54) is 12.2 Å². The van der Waals surface area contributed by atoms with Crippen molar-refractivity contribution >= 4 is 5.91 Å². The Morgan fingerprint density at radius 2 is 1.70 bits per heavy atom. The maximum Gasteiger partial charge on any atom is 0.251 e. The quantitative estimate of drug-likeness (QED) is 0.579. The zero-order valence-electron chi connectivity index (χ0n) is 17.9. The second kappa shape index (κ2) is 10.6. The summed E-state index contributed by atoms with van der Waals surface area (Å²) < 4.78 is 17.3. The third-order valence-electron chi connectivity index (χ3n) is 4.33. The third-order valence-corrected chi connectivity index (χ3v) is 4.33. The largest absolute Gasteiger partial charge is 0.497 e. The number of amides is 1. The molecule has 0 unspecified atom stereocenters. The molecule has 0 N–H and O–H groups in total. The Labute approximate surface area is 163 Å². The molecule has 6 heteroatoms. The van der Waals surface area contributed by atoms with Crippen molar-refractivity contribution in [1.29, 1.82) is 0 Å². The molecular formula is C21H35NO5. The monoisotopic (exact) mass is 381 g/mol. The lowest BCUT2D eigenvalue weighted by atomic mass is 9.92. The molecule has 1 amide bonds. The molecule has 0 radical (unpaired) electrons. The highest BCUT2D eigenvalue weighted by atomic mass is 16.7. The van der Waals surface area contributed by atoms with Crippen LogP contribution in [-0.4, -0.2) is 50.5 Å². The van der Waals surface area contributed by atoms with E-state index in [-0.39, 0.29) is 29.4 Å². The van der Waals surface area contributed by atoms with E-state index < -0.39 is 0 Å². The maximum atomic E-state index is 12.5. The first-order chi connectivity index (χ1) is 12.6. The van der Waals surface area contributed by atoms with Gasteiger partial charge in [-0.25, -0.2) is 5.06 Å². The predicted molar refractivity (Wildman–Crippen MR) is 105 cm³/mol. The lowest BCUT2D eigenvalue weighted by molar-refractivity contribution is -0.185. The molecule has 0 aromatic heterocycles. The van der Waals surface area contributed by atoms with Crippen LogP contribution in [0.4, 0.5) is 0 Å². The number of methoxy groups -OCH3 is 1. The highest BCUT2D eigenvalue weighted by Crippen LogP contribution is 2.25. The molecule has 1 rings (SSSR count). The van der Waals surface area contributed by atoms with Gasteiger partial charge >= 0.3 is 0 Å². The van der Waals surface area contributed by atoms with Gasteiger partial charge in [0.2, 0.25) is 0 Å². The van der Waals surface area contributed by atoms with Crippen LogP contribution >= 0.6 is 0 Å². The van der Waals surface area contributed by atoms with Crippen LogP contribution in [-0.2, 0) is 25.7 Å². The normalized spacial score (nSPS) is 15.1. The fraction of sp³-hybridized carbons (Fsp3) is 0.667. The Bertz CT molecular complexity index is 567. The molecule has 0 saturated heterocycles. The molecule has 0 bridgehead atoms. The van der Waals surface area contributed by atoms with Gasteiger partial charge in [-0.05, 0) is 38.5 Å². The summed E-state index contributed by atoms with van der Waals surface area (Å²) in [6.07, 6.45) is -0.286. The Kier molecular flexibility index (Phi) is 9.22. The summed E-state index contributed by atoms with van der Waals surface area (Å²) in [5.74, 6) is 0.384. The second-order valence-corrected chi connectivity index (χ2v) is 7.84. The van der Waals surface area contributed by atoms with Crippen LogP contribution in [0.25, 0.3) is 0 Å². The number of hydroxylamine groups is 2. The molecule has 3 atom stereocenters. The highest BCUT2D eigenvalue weighted by molar-refractivity contribution is 5.77. The van der Waals surface area contributed by atoms with Crippen LogP contribution in [0, 0.1) is 11.8 Å². The van der Waals surface area contributed by atoms with Crippen LogP contribution < -0.4 is 4.74 Å². The zero-order valence-corrected chi connectivity index (χ0v) is 17.9. The van der Waals surface area contributed by atoms with Crippen molar-refractivity contribution in [1.82, 2.24) is 5.06 Å². The van der Waals surface area contributed by atoms with Crippen molar-refractivity contribution in [2.75, 3.05) is 27.9 Å². The van der Waals surface area contributed by atoms with E-state index in [9.17, 15) is 4.79 Å². The molecule has 0 aliphatic carbocycles. The second-order valence-electron chi connectivity index (χ2n) is 7.84. The molecule has 1 aromatic carbocycles. The van der Waals surface area contributed by atoms with E-state index in [4.69, 9.17) is 19.0 Å². The Morgan fingerprint density at radius 1 is 1.11 bits per heavy atom. The first-order valence-electron chi connectivity index (χ1n) is 9.29. The smallest absolute Gasteiger partial charge is 0.251 e. The lowest BCUT2D eigenvalue weighted by Crippen LogP contribution is -2.44. The first kappa shape index (κ1) is 23.4. The number of nitrogens with zero attached hydrogens (tertiary/aromatic N) is 1. The van der Waals surface area contributed by atoms with E-state index in [0.717, 1.165) is 11.3 Å². The summed E-state index contributed by atoms with van der Waals surface area (Å²) in [4.78, 5) is 17.6. The predicted octanol–water partition coefficient (Wildman–Crippen LogP) is 3.69. The van der Waals surface area contributed by atoms with E-state index in [0.29, 0.717) is 13.2 Å². The Hall–Kier alpha value is -1.63. The van der Waals surface area contributed by atoms with Gasteiger partial charge in [0.1, 0.15) is 5.75 Å². The van der Waals surface area contributed by atoms with Gasteiger partial charge in [0.05, 0.1) is 45.1 Å². The topological polar surface area (TPSA) is 57.2 Å². The van der Waals surface area contributed by atoms with Gasteiger partial charge in [0, 0.05) is 13.0 Å². The fourth-order valence-electron chi connectivity index (χ4n) is 2.82. The third kappa shape index (κ3) is 7.87. The van der Waals surface area contributed by atoms with Crippen LogP contribution in [0.5, 0.6) is 5.75 Å². The lowest BCUT2D eigenvalue weighted by Gasteiger charge is -2.35. The van der Waals surface area contributed by atoms with Gasteiger partial charge < -0.3 is 14.2 Å². The molecule has 6 nitrogen and oxygen atoms in total. The number of carbonyl (C=O) groups is 1. The van der Waals surface area contributed by atoms with E-state index in [1.807, 2.05) is 58.9 Å². The van der Waals surface area contributed by atoms with Crippen molar-refractivity contribution in [3.05, 3.63) is 29.8 Å². The van der Waals surface area contributed by atoms with E-state index in [1.54, 1.807) is 14.2 Å². The summed E-state index contributed by atoms with van der Waals surface area (Å²) in [7, 11) is 4.73. The Balaban J connectivity index is 2.71. The summed E-state index contributed by atoms with van der Waals surface area (Å²) in [6.45, 7) is 10.9. The molecule has 0 fully saturated rings. The SMILES string of the molecule is COc1ccc(COC[C@H](C)[C@H](OC(C)(C)C)[C@@H](C)C(=O)N(C)OC)cc1. The zero-order chi connectivity index (χ0) is 20.6. The van der Waals surface area contributed by atoms with Crippen molar-refractivity contribution in [3.8, 4) is 5.75 Å². The molecule has 0 spiro atoms. The number of hydrogen-bond acceptors (Lipinski definition) is 5. The molecule has 27 heavy (non-hydrogen) atoms. The number of benzene rings is 1. The summed E-state index contributed by atoms with van der Waals surface area (Å²) in [6, 6.07) is 7.78. The standard InChI is InChI=1S/C21H35NO5/c1-15(13-26-14-17-9-11-18(24-7)12-10-17)19(27-21(3,4)5)16(2)20(23)22(6)25-8/h9-12,15-16,19H,13-14H2,1-8H3/t15-,16+,19-/m0/s1. The van der Waals surface area contributed by atoms with Crippen molar-refractivity contribution < 1.29 is 23.8 Å². The number of hydrogen-bond donors (Lipinski definition) is 0. The van der Waals surface area contributed by atoms with Gasteiger partial charge in [0.25, 0.3) is 5.91 Å². The van der Waals surface area contributed by atoms with Gasteiger partial charge in [-0.3, -0.25) is 9.63 Å². The summed E-state index contributed by atoms with van der Waals surface area (Å²) >= 11 is 0. The van der Waals surface area contributed by atoms with Crippen molar-refractivity contribution in [2.24, 2.45) is 11.8 Å². The Morgan fingerprint density at radius 3 is 2.19 bits per heavy atom. The average molecular weight is 382 g/mol. The van der Waals surface area contributed by atoms with Gasteiger partial charge in [0.15, 0.2) is 0 Å². The minimum atomic E-state index is -0.366. The fourth-order valence-corrected chi connectivity index (χ4v) is 2.82. The van der Waals surface area contributed by atoms with E-state index >= 15 is 0 Å². The molecular weight excluding hydrogens is 346 g/mol. The molecule has 0 aliphatic rings. The van der Waals surface area contributed by atoms with Gasteiger partial charge in [-0.2, -0.15) is 0 Å². The molecule has 154 valence electrons. The molecule has 1 aromatic rings. The molecule has 0 heterocycles. The highest BCUT2D eigenvalue weighted by Gasteiger charge is 2.34.